The van der Waals surface area contributed by atoms with Gasteiger partial charge in [-0.1, -0.05) is 11.6 Å². The van der Waals surface area contributed by atoms with Crippen LogP contribution in [-0.4, -0.2) is 22.5 Å². The van der Waals surface area contributed by atoms with Crippen molar-refractivity contribution >= 4 is 23.2 Å². The maximum atomic E-state index is 12.1. The molecule has 0 atom stereocenters. The molecule has 2 aromatic rings. The molecule has 1 amide bonds. The highest BCUT2D eigenvalue weighted by atomic mass is 35.5. The van der Waals surface area contributed by atoms with Crippen LogP contribution in [0.15, 0.2) is 36.8 Å². The lowest BCUT2D eigenvalue weighted by atomic mass is 10.3. The monoisotopic (exact) mass is 299 g/mol. The molecule has 0 saturated carbocycles. The normalized spacial score (nSPS) is 10.4. The first kappa shape index (κ1) is 14.1. The Morgan fingerprint density at radius 3 is 2.75 bits per heavy atom. The Hall–Kier alpha value is -2.28. The molecule has 104 valence electrons. The molecular formula is C12H8ClF2N3O2. The first-order valence-electron chi connectivity index (χ1n) is 5.38. The first-order chi connectivity index (χ1) is 9.56. The van der Waals surface area contributed by atoms with E-state index in [1.54, 1.807) is 0 Å². The third-order valence-corrected chi connectivity index (χ3v) is 2.50. The van der Waals surface area contributed by atoms with Crippen molar-refractivity contribution in [2.45, 2.75) is 6.61 Å². The van der Waals surface area contributed by atoms with Crippen molar-refractivity contribution in [3.05, 3.63) is 47.5 Å². The van der Waals surface area contributed by atoms with Crippen LogP contribution in [0.3, 0.4) is 0 Å². The average Bonchev–Trinajstić information content (AvgIpc) is 2.42. The maximum Gasteiger partial charge on any atom is 0.387 e. The second-order valence-electron chi connectivity index (χ2n) is 3.57. The molecule has 0 fully saturated rings. The summed E-state index contributed by atoms with van der Waals surface area (Å²) in [5.74, 6) is -0.657. The van der Waals surface area contributed by atoms with Gasteiger partial charge in [0.1, 0.15) is 11.4 Å². The number of ether oxygens (including phenoxy) is 1. The van der Waals surface area contributed by atoms with Crippen molar-refractivity contribution in [2.24, 2.45) is 0 Å². The van der Waals surface area contributed by atoms with Crippen molar-refractivity contribution in [1.82, 2.24) is 9.97 Å². The van der Waals surface area contributed by atoms with Gasteiger partial charge in [-0.25, -0.2) is 4.98 Å². The summed E-state index contributed by atoms with van der Waals surface area (Å²) in [5, 5.41) is 2.47. The molecule has 5 nitrogen and oxygen atoms in total. The van der Waals surface area contributed by atoms with E-state index in [0.29, 0.717) is 5.69 Å². The van der Waals surface area contributed by atoms with Crippen LogP contribution in [-0.2, 0) is 0 Å². The van der Waals surface area contributed by atoms with E-state index < -0.39 is 12.5 Å². The largest absolute Gasteiger partial charge is 0.433 e. The minimum atomic E-state index is -2.97. The zero-order chi connectivity index (χ0) is 14.5. The fourth-order valence-corrected chi connectivity index (χ4v) is 1.61. The summed E-state index contributed by atoms with van der Waals surface area (Å²) in [6.07, 6.45) is 4.11. The van der Waals surface area contributed by atoms with Crippen molar-refractivity contribution in [2.75, 3.05) is 5.32 Å². The predicted molar refractivity (Wildman–Crippen MR) is 68.1 cm³/mol. The number of hydrogen-bond acceptors (Lipinski definition) is 4. The van der Waals surface area contributed by atoms with E-state index in [4.69, 9.17) is 11.6 Å². The average molecular weight is 300 g/mol. The highest BCUT2D eigenvalue weighted by molar-refractivity contribution is 6.32. The summed E-state index contributed by atoms with van der Waals surface area (Å²) < 4.78 is 28.3. The quantitative estimate of drug-likeness (QED) is 0.942. The third-order valence-electron chi connectivity index (χ3n) is 2.20. The Morgan fingerprint density at radius 2 is 2.15 bits per heavy atom. The van der Waals surface area contributed by atoms with E-state index in [-0.39, 0.29) is 16.5 Å². The van der Waals surface area contributed by atoms with Gasteiger partial charge in [0.25, 0.3) is 5.91 Å². The molecule has 0 aliphatic carbocycles. The minimum Gasteiger partial charge on any atom is -0.433 e. The number of anilines is 1. The van der Waals surface area contributed by atoms with E-state index in [0.717, 1.165) is 0 Å². The molecule has 0 aliphatic rings. The zero-order valence-corrected chi connectivity index (χ0v) is 10.6. The molecule has 0 saturated heterocycles. The molecule has 0 radical (unpaired) electrons. The Balaban J connectivity index is 2.11. The topological polar surface area (TPSA) is 64.1 Å². The van der Waals surface area contributed by atoms with Gasteiger partial charge in [-0.05, 0) is 18.2 Å². The number of aromatic nitrogens is 2. The van der Waals surface area contributed by atoms with Crippen LogP contribution in [0.1, 0.15) is 10.5 Å². The standard InChI is InChI=1S/C12H8ClF2N3O2/c13-8-5-7(1-2-10(8)20-12(14)15)18-11(19)9-6-16-3-4-17-9/h1-6,12H,(H,18,19). The number of rotatable bonds is 4. The molecule has 1 N–H and O–H groups in total. The highest BCUT2D eigenvalue weighted by Gasteiger charge is 2.11. The van der Waals surface area contributed by atoms with Gasteiger partial charge in [-0.15, -0.1) is 0 Å². The number of halogens is 3. The van der Waals surface area contributed by atoms with Gasteiger partial charge in [-0.2, -0.15) is 8.78 Å². The smallest absolute Gasteiger partial charge is 0.387 e. The second-order valence-corrected chi connectivity index (χ2v) is 3.98. The molecule has 0 bridgehead atoms. The molecule has 1 heterocycles. The summed E-state index contributed by atoms with van der Waals surface area (Å²) in [7, 11) is 0. The van der Waals surface area contributed by atoms with Gasteiger partial charge in [0, 0.05) is 18.1 Å². The molecule has 1 aromatic carbocycles. The number of nitrogens with one attached hydrogen (secondary N) is 1. The van der Waals surface area contributed by atoms with Gasteiger partial charge in [0.05, 0.1) is 11.2 Å². The number of benzene rings is 1. The van der Waals surface area contributed by atoms with Gasteiger partial charge in [0.15, 0.2) is 0 Å². The van der Waals surface area contributed by atoms with Crippen LogP contribution in [0.5, 0.6) is 5.75 Å². The van der Waals surface area contributed by atoms with E-state index in [1.165, 1.54) is 36.8 Å². The fraction of sp³-hybridized carbons (Fsp3) is 0.0833. The van der Waals surface area contributed by atoms with E-state index in [1.807, 2.05) is 0 Å². The Labute approximate surface area is 117 Å². The predicted octanol–water partition coefficient (Wildman–Crippen LogP) is 2.98. The van der Waals surface area contributed by atoms with E-state index in [9.17, 15) is 13.6 Å². The summed E-state index contributed by atoms with van der Waals surface area (Å²) in [4.78, 5) is 19.4. The van der Waals surface area contributed by atoms with Crippen molar-refractivity contribution in [1.29, 1.82) is 0 Å². The molecule has 1 aromatic heterocycles. The van der Waals surface area contributed by atoms with Crippen LogP contribution in [0.25, 0.3) is 0 Å². The van der Waals surface area contributed by atoms with Gasteiger partial charge in [-0.3, -0.25) is 9.78 Å². The highest BCUT2D eigenvalue weighted by Crippen LogP contribution is 2.29. The van der Waals surface area contributed by atoms with Gasteiger partial charge < -0.3 is 10.1 Å². The summed E-state index contributed by atoms with van der Waals surface area (Å²) in [5.41, 5.74) is 0.448. The Bertz CT molecular complexity index is 611. The summed E-state index contributed by atoms with van der Waals surface area (Å²) in [6, 6.07) is 3.92. The van der Waals surface area contributed by atoms with E-state index >= 15 is 0 Å². The number of amides is 1. The molecular weight excluding hydrogens is 292 g/mol. The zero-order valence-electron chi connectivity index (χ0n) is 9.89. The number of nitrogens with zero attached hydrogens (tertiary/aromatic N) is 2. The van der Waals surface area contributed by atoms with E-state index in [2.05, 4.69) is 20.0 Å². The van der Waals surface area contributed by atoms with Crippen molar-refractivity contribution in [3.8, 4) is 5.75 Å². The summed E-state index contributed by atoms with van der Waals surface area (Å²) >= 11 is 5.77. The number of alkyl halides is 2. The van der Waals surface area contributed by atoms with Crippen LogP contribution in [0.4, 0.5) is 14.5 Å². The molecule has 2 rings (SSSR count). The van der Waals surface area contributed by atoms with Crippen molar-refractivity contribution in [3.63, 3.8) is 0 Å². The van der Waals surface area contributed by atoms with Gasteiger partial charge in [0.2, 0.25) is 0 Å². The molecule has 0 spiro atoms. The lowest BCUT2D eigenvalue weighted by molar-refractivity contribution is -0.0497. The molecule has 8 heteroatoms. The van der Waals surface area contributed by atoms with Crippen LogP contribution in [0, 0.1) is 0 Å². The SMILES string of the molecule is O=C(Nc1ccc(OC(F)F)c(Cl)c1)c1cnccn1. The first-order valence-corrected chi connectivity index (χ1v) is 5.76. The summed E-state index contributed by atoms with van der Waals surface area (Å²) in [6.45, 7) is -2.97. The van der Waals surface area contributed by atoms with Crippen LogP contribution < -0.4 is 10.1 Å². The lowest BCUT2D eigenvalue weighted by Crippen LogP contribution is -2.13. The lowest BCUT2D eigenvalue weighted by Gasteiger charge is -2.09. The van der Waals surface area contributed by atoms with Gasteiger partial charge >= 0.3 is 6.61 Å². The van der Waals surface area contributed by atoms with Crippen LogP contribution >= 0.6 is 11.6 Å². The number of hydrogen-bond donors (Lipinski definition) is 1. The number of carbonyl (C=O) groups is 1. The molecule has 0 unspecified atom stereocenters. The Kier molecular flexibility index (Phi) is 4.41. The molecule has 0 aliphatic heterocycles. The molecule has 20 heavy (non-hydrogen) atoms. The fourth-order valence-electron chi connectivity index (χ4n) is 1.38. The maximum absolute atomic E-state index is 12.1. The van der Waals surface area contributed by atoms with Crippen molar-refractivity contribution < 1.29 is 18.3 Å². The third kappa shape index (κ3) is 3.61. The Morgan fingerprint density at radius 1 is 1.35 bits per heavy atom. The second kappa shape index (κ2) is 6.25. The minimum absolute atomic E-state index is 0.0396. The number of carbonyl (C=O) groups excluding carboxylic acids is 1. The van der Waals surface area contributed by atoms with Crippen LogP contribution in [0.2, 0.25) is 5.02 Å².